The van der Waals surface area contributed by atoms with Crippen LogP contribution in [0.15, 0.2) is 30.7 Å². The Morgan fingerprint density at radius 2 is 1.83 bits per heavy atom. The molecule has 5 rings (SSSR count). The zero-order chi connectivity index (χ0) is 25.2. The Balaban J connectivity index is 1.41. The van der Waals surface area contributed by atoms with E-state index in [0.717, 1.165) is 37.1 Å². The molecule has 1 aliphatic rings. The third-order valence-corrected chi connectivity index (χ3v) is 7.48. The zero-order valence-electron chi connectivity index (χ0n) is 20.1. The number of aromatic nitrogens is 5. The third-order valence-electron chi connectivity index (χ3n) is 6.42. The molecule has 4 heterocycles. The monoisotopic (exact) mass is 524 g/mol. The first-order valence-corrected chi connectivity index (χ1v) is 12.8. The quantitative estimate of drug-likeness (QED) is 0.332. The van der Waals surface area contributed by atoms with E-state index in [-0.39, 0.29) is 5.91 Å². The van der Waals surface area contributed by atoms with Crippen molar-refractivity contribution in [1.29, 1.82) is 0 Å². The SMILES string of the molecule is COc1cnc(Cl)cc1-c1cc(C)ncc1C(=O)Nc1nc2ncc(C3CCC(OC)CC3)nc2s1. The molecule has 0 radical (unpaired) electrons. The minimum absolute atomic E-state index is 0.293. The Kier molecular flexibility index (Phi) is 7.08. The number of aryl methyl sites for hydroxylation is 1. The number of hydrogen-bond acceptors (Lipinski definition) is 9. The lowest BCUT2D eigenvalue weighted by molar-refractivity contribution is 0.0655. The summed E-state index contributed by atoms with van der Waals surface area (Å²) in [7, 11) is 3.31. The van der Waals surface area contributed by atoms with Gasteiger partial charge in [0.15, 0.2) is 15.6 Å². The van der Waals surface area contributed by atoms with Gasteiger partial charge in [0.1, 0.15) is 10.9 Å². The molecule has 0 saturated heterocycles. The number of amides is 1. The standard InChI is InChI=1S/C25H25ClN6O3S/c1-13-8-16(17-9-21(26)28-12-20(17)35-3)18(10-27-13)23(33)32-25-31-22-24(36-25)30-19(11-29-22)14-4-6-15(34-2)7-5-14/h8-12,14-15H,4-7H2,1-3H3,(H,29,31,32,33). The highest BCUT2D eigenvalue weighted by atomic mass is 35.5. The van der Waals surface area contributed by atoms with Crippen molar-refractivity contribution in [2.75, 3.05) is 19.5 Å². The van der Waals surface area contributed by atoms with E-state index < -0.39 is 0 Å². The van der Waals surface area contributed by atoms with E-state index >= 15 is 0 Å². The Labute approximate surface area is 217 Å². The van der Waals surface area contributed by atoms with Crippen LogP contribution in [-0.2, 0) is 4.74 Å². The predicted octanol–water partition coefficient (Wildman–Crippen LogP) is 5.44. The average molecular weight is 525 g/mol. The predicted molar refractivity (Wildman–Crippen MR) is 139 cm³/mol. The molecule has 1 aliphatic carbocycles. The summed E-state index contributed by atoms with van der Waals surface area (Å²) in [5.41, 5.74) is 3.86. The Morgan fingerprint density at radius 3 is 2.58 bits per heavy atom. The van der Waals surface area contributed by atoms with Gasteiger partial charge >= 0.3 is 0 Å². The van der Waals surface area contributed by atoms with Gasteiger partial charge in [0, 0.05) is 36.0 Å². The van der Waals surface area contributed by atoms with Gasteiger partial charge in [-0.3, -0.25) is 15.1 Å². The number of methoxy groups -OCH3 is 2. The molecule has 0 unspecified atom stereocenters. The number of thiazole rings is 1. The Morgan fingerprint density at radius 1 is 1.03 bits per heavy atom. The summed E-state index contributed by atoms with van der Waals surface area (Å²) in [6.07, 6.45) is 9.27. The number of hydrogen-bond donors (Lipinski definition) is 1. The van der Waals surface area contributed by atoms with Crippen LogP contribution >= 0.6 is 22.9 Å². The van der Waals surface area contributed by atoms with Crippen LogP contribution in [0.1, 0.15) is 53.3 Å². The molecule has 0 aromatic carbocycles. The van der Waals surface area contributed by atoms with Crippen molar-refractivity contribution in [3.8, 4) is 16.9 Å². The molecule has 0 spiro atoms. The van der Waals surface area contributed by atoms with Gasteiger partial charge in [-0.15, -0.1) is 0 Å². The molecule has 1 N–H and O–H groups in total. The highest BCUT2D eigenvalue weighted by Gasteiger charge is 2.24. The van der Waals surface area contributed by atoms with Crippen molar-refractivity contribution < 1.29 is 14.3 Å². The maximum atomic E-state index is 13.3. The molecule has 186 valence electrons. The van der Waals surface area contributed by atoms with Crippen LogP contribution in [0.2, 0.25) is 5.15 Å². The highest BCUT2D eigenvalue weighted by molar-refractivity contribution is 7.21. The summed E-state index contributed by atoms with van der Waals surface area (Å²) in [5, 5.41) is 3.60. The molecule has 4 aromatic heterocycles. The number of nitrogens with zero attached hydrogens (tertiary/aromatic N) is 5. The second kappa shape index (κ2) is 10.4. The number of carbonyl (C=O) groups excluding carboxylic acids is 1. The Bertz CT molecular complexity index is 1420. The molecule has 0 aliphatic heterocycles. The van der Waals surface area contributed by atoms with Crippen molar-refractivity contribution in [3.05, 3.63) is 52.8 Å². The van der Waals surface area contributed by atoms with Crippen LogP contribution in [0.3, 0.4) is 0 Å². The van der Waals surface area contributed by atoms with Crippen LogP contribution in [0.4, 0.5) is 5.13 Å². The maximum absolute atomic E-state index is 13.3. The van der Waals surface area contributed by atoms with E-state index in [1.54, 1.807) is 26.5 Å². The van der Waals surface area contributed by atoms with Crippen LogP contribution in [0.25, 0.3) is 21.6 Å². The lowest BCUT2D eigenvalue weighted by atomic mass is 9.85. The van der Waals surface area contributed by atoms with Gasteiger partial charge in [-0.1, -0.05) is 22.9 Å². The molecular weight excluding hydrogens is 500 g/mol. The van der Waals surface area contributed by atoms with Crippen LogP contribution in [-0.4, -0.2) is 51.2 Å². The first-order chi connectivity index (χ1) is 17.4. The third kappa shape index (κ3) is 5.02. The van der Waals surface area contributed by atoms with E-state index in [1.165, 1.54) is 23.7 Å². The molecule has 1 saturated carbocycles. The van der Waals surface area contributed by atoms with E-state index in [0.29, 0.717) is 55.2 Å². The van der Waals surface area contributed by atoms with Crippen molar-refractivity contribution >= 4 is 44.5 Å². The molecule has 36 heavy (non-hydrogen) atoms. The normalized spacial score (nSPS) is 17.8. The fourth-order valence-electron chi connectivity index (χ4n) is 4.50. The van der Waals surface area contributed by atoms with Crippen molar-refractivity contribution in [1.82, 2.24) is 24.9 Å². The van der Waals surface area contributed by atoms with Crippen molar-refractivity contribution in [2.45, 2.75) is 44.6 Å². The first kappa shape index (κ1) is 24.5. The summed E-state index contributed by atoms with van der Waals surface area (Å²) in [6.45, 7) is 1.85. The second-order valence-electron chi connectivity index (χ2n) is 8.68. The zero-order valence-corrected chi connectivity index (χ0v) is 21.7. The fourth-order valence-corrected chi connectivity index (χ4v) is 5.45. The number of anilines is 1. The summed E-state index contributed by atoms with van der Waals surface area (Å²) in [4.78, 5) is 36.2. The van der Waals surface area contributed by atoms with E-state index in [2.05, 4.69) is 25.3 Å². The number of carbonyl (C=O) groups is 1. The van der Waals surface area contributed by atoms with E-state index in [4.69, 9.17) is 26.1 Å². The van der Waals surface area contributed by atoms with Gasteiger partial charge in [-0.05, 0) is 44.7 Å². The van der Waals surface area contributed by atoms with Gasteiger partial charge in [-0.2, -0.15) is 4.98 Å². The minimum Gasteiger partial charge on any atom is -0.494 e. The molecular formula is C25H25ClN6O3S. The summed E-state index contributed by atoms with van der Waals surface area (Å²) in [5.74, 6) is 0.501. The number of nitrogens with one attached hydrogen (secondary N) is 1. The second-order valence-corrected chi connectivity index (χ2v) is 10.0. The Hall–Kier alpha value is -3.21. The van der Waals surface area contributed by atoms with Crippen molar-refractivity contribution in [3.63, 3.8) is 0 Å². The van der Waals surface area contributed by atoms with Gasteiger partial charge in [0.05, 0.1) is 36.9 Å². The smallest absolute Gasteiger partial charge is 0.259 e. The van der Waals surface area contributed by atoms with Gasteiger partial charge < -0.3 is 9.47 Å². The number of rotatable bonds is 6. The molecule has 1 fully saturated rings. The van der Waals surface area contributed by atoms with Crippen molar-refractivity contribution in [2.24, 2.45) is 0 Å². The average Bonchev–Trinajstić information content (AvgIpc) is 3.30. The largest absolute Gasteiger partial charge is 0.494 e. The number of pyridine rings is 2. The van der Waals surface area contributed by atoms with E-state index in [1.807, 2.05) is 13.0 Å². The van der Waals surface area contributed by atoms with Crippen LogP contribution in [0, 0.1) is 6.92 Å². The van der Waals surface area contributed by atoms with Gasteiger partial charge in [0.2, 0.25) is 0 Å². The highest BCUT2D eigenvalue weighted by Crippen LogP contribution is 2.36. The lowest BCUT2D eigenvalue weighted by Crippen LogP contribution is -2.19. The molecule has 1 amide bonds. The van der Waals surface area contributed by atoms with Gasteiger partial charge in [-0.25, -0.2) is 15.0 Å². The lowest BCUT2D eigenvalue weighted by Gasteiger charge is -2.26. The molecule has 0 atom stereocenters. The maximum Gasteiger partial charge on any atom is 0.259 e. The van der Waals surface area contributed by atoms with Gasteiger partial charge in [0.25, 0.3) is 5.91 Å². The fraction of sp³-hybridized carbons (Fsp3) is 0.360. The first-order valence-electron chi connectivity index (χ1n) is 11.6. The van der Waals surface area contributed by atoms with E-state index in [9.17, 15) is 4.79 Å². The summed E-state index contributed by atoms with van der Waals surface area (Å²) >= 11 is 7.44. The number of ether oxygens (including phenoxy) is 2. The molecule has 0 bridgehead atoms. The molecule has 9 nitrogen and oxygen atoms in total. The van der Waals surface area contributed by atoms with Crippen LogP contribution < -0.4 is 10.1 Å². The topological polar surface area (TPSA) is 112 Å². The number of fused-ring (bicyclic) bond motifs is 1. The summed E-state index contributed by atoms with van der Waals surface area (Å²) in [6, 6.07) is 3.48. The molecule has 4 aromatic rings. The van der Waals surface area contributed by atoms with Crippen LogP contribution in [0.5, 0.6) is 5.75 Å². The number of halogens is 1. The minimum atomic E-state index is -0.357. The molecule has 11 heteroatoms. The summed E-state index contributed by atoms with van der Waals surface area (Å²) < 4.78 is 10.9.